The quantitative estimate of drug-likeness (QED) is 0.711. The summed E-state index contributed by atoms with van der Waals surface area (Å²) in [4.78, 5) is 0. The average Bonchev–Trinajstić information content (AvgIpc) is 3.12. The minimum atomic E-state index is -0.430. The zero-order valence-electron chi connectivity index (χ0n) is 16.0. The third-order valence-electron chi connectivity index (χ3n) is 4.48. The molecule has 0 saturated heterocycles. The summed E-state index contributed by atoms with van der Waals surface area (Å²) in [6.45, 7) is 8.37. The number of aromatic nitrogens is 5. The standard InChI is InChI=1S/C19H26N6O/c1-6-18-21-22-19(24(18)5)20-16-10-15(8-7-12(16)2)17-9-13(3)25(23-17)11-14(4)26/h7-10,14,26H,6,11H2,1-5H3,(H,20,22). The first kappa shape index (κ1) is 18.1. The van der Waals surface area contributed by atoms with Crippen molar-refractivity contribution < 1.29 is 5.11 Å². The molecular formula is C19H26N6O. The molecule has 0 aliphatic rings. The minimum absolute atomic E-state index is 0.430. The molecule has 0 spiro atoms. The molecule has 2 aromatic heterocycles. The molecule has 138 valence electrons. The predicted octanol–water partition coefficient (Wildman–Crippen LogP) is 2.98. The fourth-order valence-corrected chi connectivity index (χ4v) is 2.90. The van der Waals surface area contributed by atoms with E-state index in [0.717, 1.165) is 46.4 Å². The van der Waals surface area contributed by atoms with Gasteiger partial charge in [-0.1, -0.05) is 19.1 Å². The fraction of sp³-hybridized carbons (Fsp3) is 0.421. The number of aryl methyl sites for hydroxylation is 3. The van der Waals surface area contributed by atoms with Gasteiger partial charge in [0, 0.05) is 30.4 Å². The maximum Gasteiger partial charge on any atom is 0.228 e. The fourth-order valence-electron chi connectivity index (χ4n) is 2.90. The van der Waals surface area contributed by atoms with Crippen LogP contribution in [0.3, 0.4) is 0 Å². The SMILES string of the molecule is CCc1nnc(Nc2cc(-c3cc(C)n(CC(C)O)n3)ccc2C)n1C. The monoisotopic (exact) mass is 354 g/mol. The molecule has 0 radical (unpaired) electrons. The van der Waals surface area contributed by atoms with Crippen molar-refractivity contribution in [2.45, 2.75) is 46.8 Å². The second-order valence-electron chi connectivity index (χ2n) is 6.71. The van der Waals surface area contributed by atoms with Crippen LogP contribution in [0.25, 0.3) is 11.3 Å². The highest BCUT2D eigenvalue weighted by Crippen LogP contribution is 2.27. The molecule has 2 N–H and O–H groups in total. The van der Waals surface area contributed by atoms with Gasteiger partial charge in [0.2, 0.25) is 5.95 Å². The molecule has 0 aliphatic carbocycles. The minimum Gasteiger partial charge on any atom is -0.391 e. The molecule has 2 heterocycles. The summed E-state index contributed by atoms with van der Waals surface area (Å²) in [6.07, 6.45) is 0.407. The van der Waals surface area contributed by atoms with E-state index in [1.165, 1.54) is 0 Å². The summed E-state index contributed by atoms with van der Waals surface area (Å²) in [5.41, 5.74) is 5.03. The van der Waals surface area contributed by atoms with Crippen molar-refractivity contribution >= 4 is 11.6 Å². The number of hydrogen-bond acceptors (Lipinski definition) is 5. The number of nitrogens with zero attached hydrogens (tertiary/aromatic N) is 5. The van der Waals surface area contributed by atoms with Crippen molar-refractivity contribution in [1.29, 1.82) is 0 Å². The van der Waals surface area contributed by atoms with Gasteiger partial charge in [0.25, 0.3) is 0 Å². The number of aliphatic hydroxyl groups is 1. The Bertz CT molecular complexity index is 909. The van der Waals surface area contributed by atoms with Crippen LogP contribution < -0.4 is 5.32 Å². The van der Waals surface area contributed by atoms with Gasteiger partial charge < -0.3 is 15.0 Å². The Labute approximate surface area is 153 Å². The molecule has 1 atom stereocenters. The van der Waals surface area contributed by atoms with Gasteiger partial charge in [-0.3, -0.25) is 4.68 Å². The molecule has 0 saturated carbocycles. The van der Waals surface area contributed by atoms with Gasteiger partial charge >= 0.3 is 0 Å². The highest BCUT2D eigenvalue weighted by atomic mass is 16.3. The number of rotatable bonds is 6. The molecule has 0 fully saturated rings. The van der Waals surface area contributed by atoms with Crippen LogP contribution >= 0.6 is 0 Å². The zero-order chi connectivity index (χ0) is 18.8. The molecular weight excluding hydrogens is 328 g/mol. The molecule has 7 heteroatoms. The van der Waals surface area contributed by atoms with Crippen LogP contribution in [0.15, 0.2) is 24.3 Å². The first-order valence-corrected chi connectivity index (χ1v) is 8.87. The third-order valence-corrected chi connectivity index (χ3v) is 4.48. The lowest BCUT2D eigenvalue weighted by molar-refractivity contribution is 0.167. The molecule has 26 heavy (non-hydrogen) atoms. The lowest BCUT2D eigenvalue weighted by Crippen LogP contribution is -2.14. The Morgan fingerprint density at radius 1 is 1.19 bits per heavy atom. The van der Waals surface area contributed by atoms with E-state index >= 15 is 0 Å². The van der Waals surface area contributed by atoms with Crippen molar-refractivity contribution in [3.8, 4) is 11.3 Å². The van der Waals surface area contributed by atoms with E-state index in [0.29, 0.717) is 6.54 Å². The molecule has 3 rings (SSSR count). The zero-order valence-corrected chi connectivity index (χ0v) is 16.0. The van der Waals surface area contributed by atoms with Crippen LogP contribution in [0.1, 0.15) is 30.9 Å². The Morgan fingerprint density at radius 2 is 1.96 bits per heavy atom. The predicted molar refractivity (Wildman–Crippen MR) is 102 cm³/mol. The maximum atomic E-state index is 9.62. The molecule has 0 amide bonds. The lowest BCUT2D eigenvalue weighted by atomic mass is 10.1. The maximum absolute atomic E-state index is 9.62. The summed E-state index contributed by atoms with van der Waals surface area (Å²) in [6, 6.07) is 8.24. The van der Waals surface area contributed by atoms with Crippen LogP contribution in [0.4, 0.5) is 11.6 Å². The molecule has 3 aromatic rings. The summed E-state index contributed by atoms with van der Waals surface area (Å²) in [5, 5.41) is 26.0. The highest BCUT2D eigenvalue weighted by Gasteiger charge is 2.12. The van der Waals surface area contributed by atoms with Gasteiger partial charge in [0.15, 0.2) is 0 Å². The van der Waals surface area contributed by atoms with Gasteiger partial charge in [-0.2, -0.15) is 5.10 Å². The van der Waals surface area contributed by atoms with E-state index in [-0.39, 0.29) is 0 Å². The van der Waals surface area contributed by atoms with Gasteiger partial charge in [0.1, 0.15) is 5.82 Å². The first-order chi connectivity index (χ1) is 12.4. The van der Waals surface area contributed by atoms with E-state index in [2.05, 4.69) is 52.7 Å². The highest BCUT2D eigenvalue weighted by molar-refractivity contribution is 5.70. The van der Waals surface area contributed by atoms with Crippen LogP contribution in [-0.2, 0) is 20.0 Å². The smallest absolute Gasteiger partial charge is 0.228 e. The van der Waals surface area contributed by atoms with Gasteiger partial charge in [-0.05, 0) is 38.5 Å². The van der Waals surface area contributed by atoms with Crippen molar-refractivity contribution in [1.82, 2.24) is 24.5 Å². The van der Waals surface area contributed by atoms with E-state index < -0.39 is 6.10 Å². The molecule has 1 unspecified atom stereocenters. The van der Waals surface area contributed by atoms with E-state index in [9.17, 15) is 5.11 Å². The Kier molecular flexibility index (Phi) is 5.08. The van der Waals surface area contributed by atoms with E-state index in [1.807, 2.05) is 29.3 Å². The lowest BCUT2D eigenvalue weighted by Gasteiger charge is -2.11. The molecule has 7 nitrogen and oxygen atoms in total. The number of anilines is 2. The van der Waals surface area contributed by atoms with Crippen molar-refractivity contribution in [2.24, 2.45) is 7.05 Å². The summed E-state index contributed by atoms with van der Waals surface area (Å²) >= 11 is 0. The number of nitrogens with one attached hydrogen (secondary N) is 1. The summed E-state index contributed by atoms with van der Waals surface area (Å²) in [5.74, 6) is 1.66. The normalized spacial score (nSPS) is 12.4. The van der Waals surface area contributed by atoms with Crippen molar-refractivity contribution in [3.63, 3.8) is 0 Å². The van der Waals surface area contributed by atoms with E-state index in [1.54, 1.807) is 6.92 Å². The van der Waals surface area contributed by atoms with Gasteiger partial charge in [0.05, 0.1) is 18.3 Å². The molecule has 1 aromatic carbocycles. The first-order valence-electron chi connectivity index (χ1n) is 8.87. The molecule has 0 bridgehead atoms. The Balaban J connectivity index is 1.91. The van der Waals surface area contributed by atoms with Crippen LogP contribution in [0.2, 0.25) is 0 Å². The third kappa shape index (κ3) is 3.62. The van der Waals surface area contributed by atoms with Crippen LogP contribution in [0, 0.1) is 13.8 Å². The Morgan fingerprint density at radius 3 is 2.62 bits per heavy atom. The van der Waals surface area contributed by atoms with Crippen LogP contribution in [0.5, 0.6) is 0 Å². The summed E-state index contributed by atoms with van der Waals surface area (Å²) in [7, 11) is 1.96. The summed E-state index contributed by atoms with van der Waals surface area (Å²) < 4.78 is 3.80. The average molecular weight is 354 g/mol. The van der Waals surface area contributed by atoms with Crippen molar-refractivity contribution in [3.05, 3.63) is 41.3 Å². The topological polar surface area (TPSA) is 80.8 Å². The van der Waals surface area contributed by atoms with Gasteiger partial charge in [-0.25, -0.2) is 0 Å². The Hall–Kier alpha value is -2.67. The largest absolute Gasteiger partial charge is 0.391 e. The molecule has 0 aliphatic heterocycles. The number of benzene rings is 1. The van der Waals surface area contributed by atoms with Crippen molar-refractivity contribution in [2.75, 3.05) is 5.32 Å². The second-order valence-corrected chi connectivity index (χ2v) is 6.71. The van der Waals surface area contributed by atoms with E-state index in [4.69, 9.17) is 0 Å². The van der Waals surface area contributed by atoms with Gasteiger partial charge in [-0.15, -0.1) is 10.2 Å². The number of aliphatic hydroxyl groups excluding tert-OH is 1. The second kappa shape index (κ2) is 7.29. The number of hydrogen-bond donors (Lipinski definition) is 2. The van der Waals surface area contributed by atoms with Crippen LogP contribution in [-0.4, -0.2) is 35.8 Å².